The maximum absolute atomic E-state index is 11.9. The standard InChI is InChI=1S/C21H21BrN4OS/c1-2-13-23-19(27)15-28-21-25-24-20(17-8-10-18(22)11-9-17)26(21)14-12-16-6-4-3-5-7-16/h2-11H,1,12-15H2,(H,23,27). The largest absolute Gasteiger partial charge is 0.352 e. The number of amides is 1. The number of nitrogens with one attached hydrogen (secondary N) is 1. The summed E-state index contributed by atoms with van der Waals surface area (Å²) in [5.41, 5.74) is 2.24. The van der Waals surface area contributed by atoms with Crippen LogP contribution in [0.1, 0.15) is 5.56 Å². The Hall–Kier alpha value is -2.38. The number of thioether (sulfide) groups is 1. The summed E-state index contributed by atoms with van der Waals surface area (Å²) >= 11 is 4.86. The number of aryl methyl sites for hydroxylation is 1. The van der Waals surface area contributed by atoms with Crippen LogP contribution in [0.3, 0.4) is 0 Å². The third-order valence-corrected chi connectivity index (χ3v) is 5.56. The molecule has 0 aliphatic carbocycles. The number of carbonyl (C=O) groups excluding carboxylic acids is 1. The van der Waals surface area contributed by atoms with E-state index in [0.29, 0.717) is 6.54 Å². The van der Waals surface area contributed by atoms with Crippen molar-refractivity contribution in [2.45, 2.75) is 18.1 Å². The van der Waals surface area contributed by atoms with Crippen molar-refractivity contribution in [1.82, 2.24) is 20.1 Å². The second-order valence-corrected chi connectivity index (χ2v) is 7.94. The van der Waals surface area contributed by atoms with Crippen molar-refractivity contribution in [3.8, 4) is 11.4 Å². The van der Waals surface area contributed by atoms with Crippen LogP contribution in [0.4, 0.5) is 0 Å². The van der Waals surface area contributed by atoms with Crippen molar-refractivity contribution in [3.63, 3.8) is 0 Å². The van der Waals surface area contributed by atoms with Crippen molar-refractivity contribution in [3.05, 3.63) is 77.3 Å². The predicted octanol–water partition coefficient (Wildman–Crippen LogP) is 4.34. The molecule has 144 valence electrons. The van der Waals surface area contributed by atoms with E-state index in [1.165, 1.54) is 17.3 Å². The second kappa shape index (κ2) is 10.2. The molecule has 0 saturated heterocycles. The summed E-state index contributed by atoms with van der Waals surface area (Å²) in [6.45, 7) is 4.81. The molecule has 1 amide bonds. The lowest BCUT2D eigenvalue weighted by atomic mass is 10.1. The summed E-state index contributed by atoms with van der Waals surface area (Å²) < 4.78 is 3.10. The van der Waals surface area contributed by atoms with Crippen LogP contribution in [-0.2, 0) is 17.8 Å². The third-order valence-electron chi connectivity index (χ3n) is 4.06. The average Bonchev–Trinajstić information content (AvgIpc) is 3.13. The van der Waals surface area contributed by atoms with Crippen molar-refractivity contribution in [2.75, 3.05) is 12.3 Å². The van der Waals surface area contributed by atoms with Crippen molar-refractivity contribution in [1.29, 1.82) is 0 Å². The van der Waals surface area contributed by atoms with Gasteiger partial charge in [0, 0.05) is 23.1 Å². The van der Waals surface area contributed by atoms with Crippen molar-refractivity contribution >= 4 is 33.6 Å². The van der Waals surface area contributed by atoms with Crippen LogP contribution < -0.4 is 5.32 Å². The van der Waals surface area contributed by atoms with Gasteiger partial charge in [-0.3, -0.25) is 4.79 Å². The number of rotatable bonds is 9. The molecule has 7 heteroatoms. The average molecular weight is 457 g/mol. The molecule has 28 heavy (non-hydrogen) atoms. The molecule has 0 aliphatic heterocycles. The lowest BCUT2D eigenvalue weighted by Gasteiger charge is -2.10. The van der Waals surface area contributed by atoms with Gasteiger partial charge in [0.05, 0.1) is 5.75 Å². The van der Waals surface area contributed by atoms with E-state index in [4.69, 9.17) is 0 Å². The molecule has 5 nitrogen and oxygen atoms in total. The number of carbonyl (C=O) groups is 1. The first-order valence-electron chi connectivity index (χ1n) is 8.91. The number of nitrogens with zero attached hydrogens (tertiary/aromatic N) is 3. The summed E-state index contributed by atoms with van der Waals surface area (Å²) in [4.78, 5) is 11.9. The summed E-state index contributed by atoms with van der Waals surface area (Å²) in [6, 6.07) is 18.3. The molecule has 0 spiro atoms. The summed E-state index contributed by atoms with van der Waals surface area (Å²) in [5, 5.41) is 12.3. The fourth-order valence-electron chi connectivity index (χ4n) is 2.66. The molecule has 1 heterocycles. The molecule has 0 bridgehead atoms. The summed E-state index contributed by atoms with van der Waals surface area (Å²) in [7, 11) is 0. The van der Waals surface area contributed by atoms with E-state index in [2.05, 4.69) is 54.7 Å². The number of aromatic nitrogens is 3. The van der Waals surface area contributed by atoms with Gasteiger partial charge < -0.3 is 9.88 Å². The zero-order valence-electron chi connectivity index (χ0n) is 15.3. The fraction of sp³-hybridized carbons (Fsp3) is 0.190. The van der Waals surface area contributed by atoms with E-state index in [9.17, 15) is 4.79 Å². The molecule has 0 unspecified atom stereocenters. The van der Waals surface area contributed by atoms with Gasteiger partial charge in [0.1, 0.15) is 0 Å². The Balaban J connectivity index is 1.81. The van der Waals surface area contributed by atoms with Crippen molar-refractivity contribution < 1.29 is 4.79 Å². The van der Waals surface area contributed by atoms with Gasteiger partial charge in [-0.15, -0.1) is 16.8 Å². The summed E-state index contributed by atoms with van der Waals surface area (Å²) in [5.74, 6) is 1.04. The molecule has 0 atom stereocenters. The van der Waals surface area contributed by atoms with Crippen LogP contribution in [0.5, 0.6) is 0 Å². The first-order chi connectivity index (χ1) is 13.7. The number of hydrogen-bond donors (Lipinski definition) is 1. The predicted molar refractivity (Wildman–Crippen MR) is 117 cm³/mol. The number of halogens is 1. The number of hydrogen-bond acceptors (Lipinski definition) is 4. The van der Waals surface area contributed by atoms with E-state index in [-0.39, 0.29) is 11.7 Å². The van der Waals surface area contributed by atoms with Gasteiger partial charge in [0.15, 0.2) is 11.0 Å². The van der Waals surface area contributed by atoms with Crippen LogP contribution in [0, 0.1) is 0 Å². The molecular formula is C21H21BrN4OS. The highest BCUT2D eigenvalue weighted by Crippen LogP contribution is 2.25. The molecule has 1 aromatic heterocycles. The summed E-state index contributed by atoms with van der Waals surface area (Å²) in [6.07, 6.45) is 2.52. The Morgan fingerprint density at radius 2 is 1.89 bits per heavy atom. The third kappa shape index (κ3) is 5.56. The Kier molecular flexibility index (Phi) is 7.45. The Bertz CT molecular complexity index is 925. The highest BCUT2D eigenvalue weighted by molar-refractivity contribution is 9.10. The van der Waals surface area contributed by atoms with Crippen LogP contribution in [0.25, 0.3) is 11.4 Å². The lowest BCUT2D eigenvalue weighted by Crippen LogP contribution is -2.25. The highest BCUT2D eigenvalue weighted by atomic mass is 79.9. The zero-order chi connectivity index (χ0) is 19.8. The minimum atomic E-state index is -0.0484. The van der Waals surface area contributed by atoms with Crippen LogP contribution >= 0.6 is 27.7 Å². The van der Waals surface area contributed by atoms with E-state index in [0.717, 1.165) is 34.0 Å². The topological polar surface area (TPSA) is 59.8 Å². The molecule has 1 N–H and O–H groups in total. The quantitative estimate of drug-likeness (QED) is 0.384. The van der Waals surface area contributed by atoms with E-state index < -0.39 is 0 Å². The van der Waals surface area contributed by atoms with Crippen LogP contribution in [-0.4, -0.2) is 33.0 Å². The van der Waals surface area contributed by atoms with E-state index >= 15 is 0 Å². The first kappa shape index (κ1) is 20.4. The molecule has 3 rings (SSSR count). The van der Waals surface area contributed by atoms with Crippen LogP contribution in [0.2, 0.25) is 0 Å². The Morgan fingerprint density at radius 1 is 1.14 bits per heavy atom. The van der Waals surface area contributed by atoms with Crippen LogP contribution in [0.15, 0.2) is 76.9 Å². The first-order valence-corrected chi connectivity index (χ1v) is 10.7. The molecule has 0 saturated carbocycles. The minimum Gasteiger partial charge on any atom is -0.352 e. The Morgan fingerprint density at radius 3 is 2.61 bits per heavy atom. The Labute approximate surface area is 177 Å². The van der Waals surface area contributed by atoms with Gasteiger partial charge in [-0.25, -0.2) is 0 Å². The molecular weight excluding hydrogens is 436 g/mol. The molecule has 0 fully saturated rings. The maximum atomic E-state index is 11.9. The molecule has 0 aliphatic rings. The second-order valence-electron chi connectivity index (χ2n) is 6.08. The minimum absolute atomic E-state index is 0.0484. The zero-order valence-corrected chi connectivity index (χ0v) is 17.7. The highest BCUT2D eigenvalue weighted by Gasteiger charge is 2.15. The number of benzene rings is 2. The molecule has 3 aromatic rings. The maximum Gasteiger partial charge on any atom is 0.230 e. The van der Waals surface area contributed by atoms with E-state index in [1.54, 1.807) is 6.08 Å². The monoisotopic (exact) mass is 456 g/mol. The lowest BCUT2D eigenvalue weighted by molar-refractivity contribution is -0.118. The fourth-order valence-corrected chi connectivity index (χ4v) is 3.72. The SMILES string of the molecule is C=CCNC(=O)CSc1nnc(-c2ccc(Br)cc2)n1CCc1ccccc1. The van der Waals surface area contributed by atoms with E-state index in [1.807, 2.05) is 42.5 Å². The normalized spacial score (nSPS) is 10.6. The van der Waals surface area contributed by atoms with Gasteiger partial charge in [0.2, 0.25) is 5.91 Å². The molecule has 0 radical (unpaired) electrons. The van der Waals surface area contributed by atoms with Gasteiger partial charge in [0.25, 0.3) is 0 Å². The molecule has 2 aromatic carbocycles. The van der Waals surface area contributed by atoms with Gasteiger partial charge in [-0.05, 0) is 24.1 Å². The smallest absolute Gasteiger partial charge is 0.230 e. The van der Waals surface area contributed by atoms with Gasteiger partial charge >= 0.3 is 0 Å². The van der Waals surface area contributed by atoms with Gasteiger partial charge in [-0.2, -0.15) is 0 Å². The van der Waals surface area contributed by atoms with Crippen molar-refractivity contribution in [2.24, 2.45) is 0 Å². The van der Waals surface area contributed by atoms with Gasteiger partial charge in [-0.1, -0.05) is 76.2 Å².